The molecule has 1 unspecified atom stereocenters. The van der Waals surface area contributed by atoms with Gasteiger partial charge in [-0.1, -0.05) is 22.8 Å². The third kappa shape index (κ3) is 5.53. The van der Waals surface area contributed by atoms with E-state index in [2.05, 4.69) is 46.1 Å². The lowest BCUT2D eigenvalue weighted by atomic mass is 10.0. The van der Waals surface area contributed by atoms with Crippen LogP contribution in [0.4, 0.5) is 5.13 Å². The number of carboxylic acids is 2. The summed E-state index contributed by atoms with van der Waals surface area (Å²) in [7, 11) is 0. The van der Waals surface area contributed by atoms with Gasteiger partial charge in [0.05, 0.1) is 0 Å². The number of nitrogens with zero attached hydrogens (tertiary/aromatic N) is 8. The molecule has 1 saturated heterocycles. The first kappa shape index (κ1) is 26.8. The van der Waals surface area contributed by atoms with Crippen molar-refractivity contribution in [3.8, 4) is 12.3 Å². The van der Waals surface area contributed by atoms with Crippen molar-refractivity contribution in [1.29, 1.82) is 0 Å². The van der Waals surface area contributed by atoms with Crippen LogP contribution in [0.2, 0.25) is 0 Å². The van der Waals surface area contributed by atoms with Gasteiger partial charge in [-0.2, -0.15) is 9.36 Å². The van der Waals surface area contributed by atoms with Gasteiger partial charge in [-0.15, -0.1) is 23.3 Å². The van der Waals surface area contributed by atoms with Crippen LogP contribution >= 0.6 is 35.1 Å². The molecule has 0 spiro atoms. The maximum atomic E-state index is 13.0. The third-order valence-electron chi connectivity index (χ3n) is 4.86. The largest absolute Gasteiger partial charge is 0.479 e. The molecule has 0 radical (unpaired) electrons. The SMILES string of the molecule is C#CCn1nnnc1SCC1=C(C(=O)O)N2C(=O)C(NC(=O)C(=NOCC(=O)O)c3nsc(N)n3)[C@H]2SC1. The van der Waals surface area contributed by atoms with E-state index in [0.717, 1.165) is 16.4 Å². The molecule has 0 bridgehead atoms. The van der Waals surface area contributed by atoms with Crippen LogP contribution in [0.15, 0.2) is 21.6 Å². The van der Waals surface area contributed by atoms with Crippen LogP contribution in [-0.2, 0) is 30.6 Å². The first-order valence-corrected chi connectivity index (χ1v) is 13.1. The van der Waals surface area contributed by atoms with Crippen LogP contribution in [0.3, 0.4) is 0 Å². The second-order valence-corrected chi connectivity index (χ2v) is 10.1. The van der Waals surface area contributed by atoms with Gasteiger partial charge in [0.2, 0.25) is 23.3 Å². The van der Waals surface area contributed by atoms with Crippen molar-refractivity contribution in [1.82, 2.24) is 39.8 Å². The third-order valence-corrected chi connectivity index (χ3v) is 7.79. The van der Waals surface area contributed by atoms with E-state index in [1.54, 1.807) is 0 Å². The molecule has 0 aliphatic carbocycles. The monoisotopic (exact) mass is 580 g/mol. The van der Waals surface area contributed by atoms with Gasteiger partial charge in [-0.05, 0) is 16.0 Å². The number of amides is 2. The van der Waals surface area contributed by atoms with Crippen molar-refractivity contribution in [2.75, 3.05) is 23.8 Å². The van der Waals surface area contributed by atoms with E-state index in [1.165, 1.54) is 28.2 Å². The highest BCUT2D eigenvalue weighted by molar-refractivity contribution is 8.01. The maximum Gasteiger partial charge on any atom is 0.352 e. The molecule has 1 fully saturated rings. The Labute approximate surface area is 225 Å². The number of thioether (sulfide) groups is 2. The molecule has 38 heavy (non-hydrogen) atoms. The summed E-state index contributed by atoms with van der Waals surface area (Å²) < 4.78 is 5.25. The number of rotatable bonds is 11. The van der Waals surface area contributed by atoms with Crippen LogP contribution in [0.1, 0.15) is 5.82 Å². The van der Waals surface area contributed by atoms with E-state index >= 15 is 0 Å². The van der Waals surface area contributed by atoms with Crippen molar-refractivity contribution in [3.63, 3.8) is 0 Å². The number of oxime groups is 1. The van der Waals surface area contributed by atoms with Gasteiger partial charge in [0.15, 0.2) is 5.13 Å². The smallest absolute Gasteiger partial charge is 0.352 e. The molecule has 0 saturated carbocycles. The minimum atomic E-state index is -1.34. The molecular formula is C18H16N10O7S3. The lowest BCUT2D eigenvalue weighted by Crippen LogP contribution is -2.71. The fourth-order valence-electron chi connectivity index (χ4n) is 3.31. The molecule has 5 N–H and O–H groups in total. The van der Waals surface area contributed by atoms with Gasteiger partial charge in [-0.3, -0.25) is 14.5 Å². The fourth-order valence-corrected chi connectivity index (χ4v) is 6.10. The zero-order valence-electron chi connectivity index (χ0n) is 18.9. The molecule has 198 valence electrons. The number of hydrogen-bond donors (Lipinski definition) is 4. The number of nitrogens with one attached hydrogen (secondary N) is 1. The normalized spacial score (nSPS) is 18.9. The van der Waals surface area contributed by atoms with Crippen LogP contribution in [0.25, 0.3) is 0 Å². The van der Waals surface area contributed by atoms with Crippen molar-refractivity contribution in [3.05, 3.63) is 17.1 Å². The Hall–Kier alpha value is -4.22. The summed E-state index contributed by atoms with van der Waals surface area (Å²) in [6.45, 7) is -0.702. The van der Waals surface area contributed by atoms with Gasteiger partial charge in [0, 0.05) is 23.0 Å². The molecule has 17 nitrogen and oxygen atoms in total. The Morgan fingerprint density at radius 3 is 2.82 bits per heavy atom. The summed E-state index contributed by atoms with van der Waals surface area (Å²) in [5, 5.41) is 35.4. The van der Waals surface area contributed by atoms with E-state index < -0.39 is 47.5 Å². The average molecular weight is 581 g/mol. The van der Waals surface area contributed by atoms with Gasteiger partial charge in [0.25, 0.3) is 11.8 Å². The Balaban J connectivity index is 1.49. The number of nitrogen functional groups attached to an aromatic ring is 1. The summed E-state index contributed by atoms with van der Waals surface area (Å²) in [6.07, 6.45) is 5.29. The summed E-state index contributed by atoms with van der Waals surface area (Å²) in [6, 6.07) is -1.10. The van der Waals surface area contributed by atoms with Gasteiger partial charge in [-0.25, -0.2) is 14.3 Å². The molecule has 2 atom stereocenters. The van der Waals surface area contributed by atoms with E-state index in [-0.39, 0.29) is 34.7 Å². The lowest BCUT2D eigenvalue weighted by molar-refractivity contribution is -0.150. The van der Waals surface area contributed by atoms with Crippen molar-refractivity contribution in [2.24, 2.45) is 5.16 Å². The average Bonchev–Trinajstić information content (AvgIpc) is 3.51. The van der Waals surface area contributed by atoms with Gasteiger partial charge in [0.1, 0.15) is 23.7 Å². The summed E-state index contributed by atoms with van der Waals surface area (Å²) in [4.78, 5) is 58.3. The molecule has 2 aliphatic heterocycles. The fraction of sp³-hybridized carbons (Fsp3) is 0.333. The van der Waals surface area contributed by atoms with Crippen molar-refractivity contribution < 1.29 is 34.2 Å². The Kier molecular flexibility index (Phi) is 8.08. The maximum absolute atomic E-state index is 13.0. The Bertz CT molecular complexity index is 1400. The predicted octanol–water partition coefficient (Wildman–Crippen LogP) is -1.92. The minimum absolute atomic E-state index is 0.0161. The van der Waals surface area contributed by atoms with Gasteiger partial charge >= 0.3 is 11.9 Å². The molecule has 20 heteroatoms. The predicted molar refractivity (Wildman–Crippen MR) is 132 cm³/mol. The summed E-state index contributed by atoms with van der Waals surface area (Å²) >= 11 is 3.18. The number of aromatic nitrogens is 6. The summed E-state index contributed by atoms with van der Waals surface area (Å²) in [5.41, 5.74) is 5.32. The quantitative estimate of drug-likeness (QED) is 0.0744. The first-order chi connectivity index (χ1) is 18.2. The zero-order chi connectivity index (χ0) is 27.4. The molecule has 0 aromatic carbocycles. The van der Waals surface area contributed by atoms with Crippen LogP contribution in [-0.4, -0.2) is 104 Å². The van der Waals surface area contributed by atoms with Gasteiger partial charge < -0.3 is 26.1 Å². The van der Waals surface area contributed by atoms with E-state index in [4.69, 9.17) is 17.3 Å². The molecular weight excluding hydrogens is 564 g/mol. The second-order valence-electron chi connectivity index (χ2n) is 7.29. The number of tetrazole rings is 1. The number of nitrogens with two attached hydrogens (primary N) is 1. The van der Waals surface area contributed by atoms with E-state index in [1.807, 2.05) is 0 Å². The highest BCUT2D eigenvalue weighted by Gasteiger charge is 2.54. The number of hydrogen-bond acceptors (Lipinski definition) is 15. The number of anilines is 1. The molecule has 4 heterocycles. The Morgan fingerprint density at radius 1 is 1.37 bits per heavy atom. The number of carbonyl (C=O) groups excluding carboxylic acids is 2. The molecule has 4 rings (SSSR count). The molecule has 2 aromatic rings. The minimum Gasteiger partial charge on any atom is -0.479 e. The first-order valence-electron chi connectivity index (χ1n) is 10.3. The van der Waals surface area contributed by atoms with Crippen molar-refractivity contribution >= 4 is 69.7 Å². The highest BCUT2D eigenvalue weighted by atomic mass is 32.2. The lowest BCUT2D eigenvalue weighted by Gasteiger charge is -2.49. The second kappa shape index (κ2) is 11.4. The van der Waals surface area contributed by atoms with Crippen LogP contribution < -0.4 is 11.1 Å². The molecule has 2 aromatic heterocycles. The number of fused-ring (bicyclic) bond motifs is 1. The van der Waals surface area contributed by atoms with Crippen LogP contribution in [0.5, 0.6) is 0 Å². The topological polar surface area (TPSA) is 241 Å². The standard InChI is InChI=1S/C18H16N10O7S3/c1-2-3-27-18(22-25-26-27)37-6-7-5-36-15-10(14(32)28(15)11(7)16(33)34)20-13(31)9(23-35-4-8(29)30)12-21-17(19)38-24-12/h1,10,15H,3-6H2,(H,20,31)(H,29,30)(H,33,34)(H2,19,21,24)/t10?,15-/m1/s1. The number of terminal acetylenes is 1. The number of carboxylic acid groups (broad SMARTS) is 2. The van der Waals surface area contributed by atoms with Crippen molar-refractivity contribution in [2.45, 2.75) is 23.1 Å². The number of β-lactam (4-membered cyclic amide) rings is 1. The number of carbonyl (C=O) groups is 4. The van der Waals surface area contributed by atoms with E-state index in [0.29, 0.717) is 10.7 Å². The number of aliphatic carboxylic acids is 2. The van der Waals surface area contributed by atoms with E-state index in [9.17, 15) is 24.3 Å². The molecule has 2 amide bonds. The highest BCUT2D eigenvalue weighted by Crippen LogP contribution is 2.41. The summed E-state index contributed by atoms with van der Waals surface area (Å²) in [5.74, 6) is -1.63. The zero-order valence-corrected chi connectivity index (χ0v) is 21.3. The Morgan fingerprint density at radius 2 is 2.16 bits per heavy atom. The van der Waals surface area contributed by atoms with Crippen LogP contribution in [0, 0.1) is 12.3 Å². The molecule has 2 aliphatic rings.